The molecule has 2 bridgehead atoms. The molecule has 3 rings (SSSR count). The van der Waals surface area contributed by atoms with Crippen LogP contribution >= 0.6 is 0 Å². The molecule has 0 radical (unpaired) electrons. The van der Waals surface area contributed by atoms with Crippen LogP contribution in [0.5, 0.6) is 0 Å². The van der Waals surface area contributed by atoms with E-state index in [1.165, 1.54) is 6.42 Å². The lowest BCUT2D eigenvalue weighted by Crippen LogP contribution is -2.46. The summed E-state index contributed by atoms with van der Waals surface area (Å²) in [6.45, 7) is 7.49. The van der Waals surface area contributed by atoms with E-state index in [0.717, 1.165) is 31.1 Å². The van der Waals surface area contributed by atoms with Crippen LogP contribution in [0.25, 0.3) is 0 Å². The number of nitrogen functional groups attached to an aromatic ring is 1. The number of fused-ring (bicyclic) bond motifs is 2. The third kappa shape index (κ3) is 1.65. The average Bonchev–Trinajstić information content (AvgIpc) is 2.91. The van der Waals surface area contributed by atoms with Crippen molar-refractivity contribution >= 4 is 11.8 Å². The van der Waals surface area contributed by atoms with Crippen molar-refractivity contribution in [2.75, 3.05) is 30.3 Å². The Labute approximate surface area is 102 Å². The molecule has 2 saturated heterocycles. The highest BCUT2D eigenvalue weighted by Crippen LogP contribution is 2.32. The van der Waals surface area contributed by atoms with Crippen LogP contribution in [-0.4, -0.2) is 46.6 Å². The lowest BCUT2D eigenvalue weighted by Gasteiger charge is -2.33. The lowest BCUT2D eigenvalue weighted by molar-refractivity contribution is 0.250. The first-order valence-electron chi connectivity index (χ1n) is 6.29. The second-order valence-electron chi connectivity index (χ2n) is 5.02. The van der Waals surface area contributed by atoms with Crippen LogP contribution in [0.2, 0.25) is 0 Å². The average molecular weight is 233 g/mol. The minimum atomic E-state index is 0.571. The molecule has 1 aromatic rings. The first-order valence-corrected chi connectivity index (χ1v) is 6.29. The number of nitrogens with two attached hydrogens (primary N) is 1. The van der Waals surface area contributed by atoms with Crippen molar-refractivity contribution in [3.05, 3.63) is 11.8 Å². The Kier molecular flexibility index (Phi) is 2.43. The number of likely N-dealkylation sites (N-methyl/N-ethyl adjacent to an activating group) is 1. The lowest BCUT2D eigenvalue weighted by atomic mass is 10.2. The van der Waals surface area contributed by atoms with Crippen LogP contribution in [0.15, 0.2) is 6.20 Å². The smallest absolute Gasteiger partial charge is 0.227 e. The molecule has 2 aliphatic rings. The molecule has 17 heavy (non-hydrogen) atoms. The minimum absolute atomic E-state index is 0.571. The molecule has 2 N–H and O–H groups in total. The summed E-state index contributed by atoms with van der Waals surface area (Å²) in [4.78, 5) is 13.7. The van der Waals surface area contributed by atoms with Gasteiger partial charge in [-0.1, -0.05) is 6.92 Å². The highest BCUT2D eigenvalue weighted by Gasteiger charge is 2.43. The normalized spacial score (nSPS) is 28.0. The Morgan fingerprint density at radius 2 is 2.24 bits per heavy atom. The molecule has 5 nitrogen and oxygen atoms in total. The fourth-order valence-electron chi connectivity index (χ4n) is 2.97. The summed E-state index contributed by atoms with van der Waals surface area (Å²) >= 11 is 0. The fourth-order valence-corrected chi connectivity index (χ4v) is 2.97. The van der Waals surface area contributed by atoms with Gasteiger partial charge in [0, 0.05) is 36.9 Å². The number of hydrogen-bond donors (Lipinski definition) is 1. The number of aromatic nitrogens is 2. The molecule has 1 aromatic heterocycles. The third-order valence-electron chi connectivity index (χ3n) is 4.02. The molecule has 0 saturated carbocycles. The van der Waals surface area contributed by atoms with Crippen molar-refractivity contribution in [1.29, 1.82) is 0 Å². The number of hydrogen-bond acceptors (Lipinski definition) is 5. The maximum absolute atomic E-state index is 5.85. The Morgan fingerprint density at radius 1 is 1.41 bits per heavy atom. The first-order chi connectivity index (χ1) is 8.19. The number of rotatable bonds is 2. The van der Waals surface area contributed by atoms with Gasteiger partial charge in [0.15, 0.2) is 0 Å². The molecular formula is C12H19N5. The van der Waals surface area contributed by atoms with Gasteiger partial charge in [0.05, 0.1) is 0 Å². The first kappa shape index (κ1) is 10.8. The predicted octanol–water partition coefficient (Wildman–Crippen LogP) is 0.650. The third-order valence-corrected chi connectivity index (χ3v) is 4.02. The van der Waals surface area contributed by atoms with E-state index in [2.05, 4.69) is 26.7 Å². The summed E-state index contributed by atoms with van der Waals surface area (Å²) in [5, 5.41) is 0. The molecule has 0 aromatic carbocycles. The zero-order chi connectivity index (χ0) is 12.0. The molecule has 0 unspecified atom stereocenters. The summed E-state index contributed by atoms with van der Waals surface area (Å²) in [6.07, 6.45) is 3.06. The quantitative estimate of drug-likeness (QED) is 0.812. The van der Waals surface area contributed by atoms with Crippen molar-refractivity contribution in [1.82, 2.24) is 14.9 Å². The molecule has 5 heteroatoms. The van der Waals surface area contributed by atoms with Crippen LogP contribution in [0, 0.1) is 6.92 Å². The zero-order valence-corrected chi connectivity index (χ0v) is 10.4. The van der Waals surface area contributed by atoms with E-state index in [9.17, 15) is 0 Å². The summed E-state index contributed by atoms with van der Waals surface area (Å²) in [5.74, 6) is 1.40. The number of piperazine rings is 1. The molecule has 2 fully saturated rings. The van der Waals surface area contributed by atoms with Crippen molar-refractivity contribution in [3.8, 4) is 0 Å². The van der Waals surface area contributed by atoms with Gasteiger partial charge in [-0.2, -0.15) is 4.98 Å². The topological polar surface area (TPSA) is 58.3 Å². The van der Waals surface area contributed by atoms with Gasteiger partial charge in [-0.15, -0.1) is 0 Å². The van der Waals surface area contributed by atoms with E-state index in [1.54, 1.807) is 0 Å². The van der Waals surface area contributed by atoms with E-state index >= 15 is 0 Å². The number of likely N-dealkylation sites (tertiary alicyclic amines) is 1. The predicted molar refractivity (Wildman–Crippen MR) is 68.0 cm³/mol. The maximum atomic E-state index is 5.85. The summed E-state index contributed by atoms with van der Waals surface area (Å²) < 4.78 is 0. The number of anilines is 2. The Morgan fingerprint density at radius 3 is 2.82 bits per heavy atom. The van der Waals surface area contributed by atoms with Gasteiger partial charge < -0.3 is 10.6 Å². The zero-order valence-electron chi connectivity index (χ0n) is 10.4. The van der Waals surface area contributed by atoms with Gasteiger partial charge in [0.25, 0.3) is 0 Å². The summed E-state index contributed by atoms with van der Waals surface area (Å²) in [5.41, 5.74) is 6.80. The van der Waals surface area contributed by atoms with Crippen LogP contribution in [0.4, 0.5) is 11.8 Å². The van der Waals surface area contributed by atoms with Crippen molar-refractivity contribution in [2.24, 2.45) is 0 Å². The SMILES string of the molecule is CCN1C[C@@H]2C[C@H]1CN2c1ncc(C)c(N)n1. The van der Waals surface area contributed by atoms with Crippen molar-refractivity contribution in [2.45, 2.75) is 32.4 Å². The van der Waals surface area contributed by atoms with E-state index in [-0.39, 0.29) is 0 Å². The molecule has 0 amide bonds. The minimum Gasteiger partial charge on any atom is -0.383 e. The molecule has 2 atom stereocenters. The van der Waals surface area contributed by atoms with E-state index in [0.29, 0.717) is 17.9 Å². The summed E-state index contributed by atoms with van der Waals surface area (Å²) in [7, 11) is 0. The molecule has 0 aliphatic carbocycles. The van der Waals surface area contributed by atoms with Gasteiger partial charge in [-0.05, 0) is 19.9 Å². The van der Waals surface area contributed by atoms with E-state index < -0.39 is 0 Å². The highest BCUT2D eigenvalue weighted by molar-refractivity contribution is 5.45. The standard InChI is InChI=1S/C12H19N5/c1-3-16-6-10-4-9(16)7-17(10)12-14-5-8(2)11(13)15-12/h5,9-10H,3-4,6-7H2,1-2H3,(H2,13,14,15)/t9-,10-/m0/s1. The highest BCUT2D eigenvalue weighted by atomic mass is 15.4. The van der Waals surface area contributed by atoms with E-state index in [4.69, 9.17) is 5.73 Å². The maximum Gasteiger partial charge on any atom is 0.227 e. The van der Waals surface area contributed by atoms with Crippen LogP contribution < -0.4 is 10.6 Å². The van der Waals surface area contributed by atoms with Crippen molar-refractivity contribution < 1.29 is 0 Å². The second kappa shape index (κ2) is 3.84. The van der Waals surface area contributed by atoms with Gasteiger partial charge in [-0.25, -0.2) is 4.98 Å². The van der Waals surface area contributed by atoms with Gasteiger partial charge in [-0.3, -0.25) is 4.90 Å². The fraction of sp³-hybridized carbons (Fsp3) is 0.667. The molecule has 92 valence electrons. The second-order valence-corrected chi connectivity index (χ2v) is 5.02. The number of nitrogens with zero attached hydrogens (tertiary/aromatic N) is 4. The van der Waals surface area contributed by atoms with Gasteiger partial charge >= 0.3 is 0 Å². The molecule has 0 spiro atoms. The van der Waals surface area contributed by atoms with Crippen molar-refractivity contribution in [3.63, 3.8) is 0 Å². The van der Waals surface area contributed by atoms with Crippen LogP contribution in [0.1, 0.15) is 18.9 Å². The Balaban J connectivity index is 1.81. The number of aryl methyl sites for hydroxylation is 1. The molecule has 2 aliphatic heterocycles. The Bertz CT molecular complexity index is 433. The van der Waals surface area contributed by atoms with Crippen LogP contribution in [0.3, 0.4) is 0 Å². The Hall–Kier alpha value is -1.36. The van der Waals surface area contributed by atoms with Crippen LogP contribution in [-0.2, 0) is 0 Å². The largest absolute Gasteiger partial charge is 0.383 e. The monoisotopic (exact) mass is 233 g/mol. The van der Waals surface area contributed by atoms with Gasteiger partial charge in [0.1, 0.15) is 5.82 Å². The van der Waals surface area contributed by atoms with E-state index in [1.807, 2.05) is 13.1 Å². The molecular weight excluding hydrogens is 214 g/mol. The van der Waals surface area contributed by atoms with Gasteiger partial charge in [0.2, 0.25) is 5.95 Å². The summed E-state index contributed by atoms with van der Waals surface area (Å²) in [6, 6.07) is 1.25. The molecule has 3 heterocycles.